The van der Waals surface area contributed by atoms with Crippen molar-refractivity contribution in [1.82, 2.24) is 5.32 Å². The van der Waals surface area contributed by atoms with Gasteiger partial charge in [0.1, 0.15) is 12.7 Å². The molecule has 0 aromatic heterocycles. The Labute approximate surface area is 103 Å². The Morgan fingerprint density at radius 1 is 1.26 bits per heavy atom. The van der Waals surface area contributed by atoms with Crippen LogP contribution in [0.5, 0.6) is 0 Å². The van der Waals surface area contributed by atoms with Crippen molar-refractivity contribution in [3.05, 3.63) is 0 Å². The maximum Gasteiger partial charge on any atom is 0.465 e. The molecule has 0 heterocycles. The molecule has 2 N–H and O–H groups in total. The van der Waals surface area contributed by atoms with Gasteiger partial charge in [-0.3, -0.25) is 0 Å². The molecule has 1 atom stereocenters. The van der Waals surface area contributed by atoms with Gasteiger partial charge in [0.15, 0.2) is 0 Å². The summed E-state index contributed by atoms with van der Waals surface area (Å²) < 4.78 is 63.4. The standard InChI is InChI=1S/C8H10F5NO5/c9-7(10,8(11,12)13)6(18)19-3-4(15)1-14-2-5(16)17/h4,14-15H,1-3H2,(H,16,17)/p-1. The summed E-state index contributed by atoms with van der Waals surface area (Å²) in [6.45, 7) is -2.33. The quantitative estimate of drug-likeness (QED) is 0.435. The van der Waals surface area contributed by atoms with Gasteiger partial charge in [0.25, 0.3) is 0 Å². The number of halogens is 5. The zero-order valence-corrected chi connectivity index (χ0v) is 9.17. The number of ether oxygens (including phenoxy) is 1. The minimum atomic E-state index is -6.09. The number of hydrogen-bond acceptors (Lipinski definition) is 6. The summed E-state index contributed by atoms with van der Waals surface area (Å²) in [5.74, 6) is -10.0. The first-order valence-electron chi connectivity index (χ1n) is 4.69. The van der Waals surface area contributed by atoms with Crippen molar-refractivity contribution >= 4 is 11.9 Å². The third-order valence-corrected chi connectivity index (χ3v) is 1.67. The second-order valence-corrected chi connectivity index (χ2v) is 3.33. The second kappa shape index (κ2) is 6.61. The van der Waals surface area contributed by atoms with Crippen molar-refractivity contribution in [2.45, 2.75) is 18.2 Å². The molecule has 19 heavy (non-hydrogen) atoms. The van der Waals surface area contributed by atoms with Gasteiger partial charge in [-0.05, 0) is 0 Å². The topological polar surface area (TPSA) is 98.7 Å². The number of carbonyl (C=O) groups excluding carboxylic acids is 2. The smallest absolute Gasteiger partial charge is 0.465 e. The first-order valence-corrected chi connectivity index (χ1v) is 4.69. The van der Waals surface area contributed by atoms with E-state index < -0.39 is 49.8 Å². The number of carboxylic acids is 1. The molecule has 112 valence electrons. The lowest BCUT2D eigenvalue weighted by molar-refractivity contribution is -0.304. The van der Waals surface area contributed by atoms with E-state index in [1.807, 2.05) is 0 Å². The lowest BCUT2D eigenvalue weighted by atomic mass is 10.3. The van der Waals surface area contributed by atoms with Gasteiger partial charge < -0.3 is 25.1 Å². The van der Waals surface area contributed by atoms with E-state index in [9.17, 15) is 36.6 Å². The minimum Gasteiger partial charge on any atom is -0.549 e. The van der Waals surface area contributed by atoms with Gasteiger partial charge in [0.2, 0.25) is 0 Å². The van der Waals surface area contributed by atoms with Crippen molar-refractivity contribution in [3.63, 3.8) is 0 Å². The molecule has 6 nitrogen and oxygen atoms in total. The number of nitrogens with one attached hydrogen (secondary N) is 1. The van der Waals surface area contributed by atoms with Gasteiger partial charge in [-0.1, -0.05) is 0 Å². The number of aliphatic hydroxyl groups is 1. The first-order chi connectivity index (χ1) is 8.48. The van der Waals surface area contributed by atoms with E-state index in [0.29, 0.717) is 0 Å². The Hall–Kier alpha value is -1.49. The fourth-order valence-corrected chi connectivity index (χ4v) is 0.778. The summed E-state index contributed by atoms with van der Waals surface area (Å²) >= 11 is 0. The number of carboxylic acid groups (broad SMARTS) is 1. The number of hydrogen-bond donors (Lipinski definition) is 2. The summed E-state index contributed by atoms with van der Waals surface area (Å²) in [5.41, 5.74) is 0. The molecule has 0 aliphatic carbocycles. The molecule has 0 aliphatic heterocycles. The number of carbonyl (C=O) groups is 2. The Morgan fingerprint density at radius 2 is 1.79 bits per heavy atom. The van der Waals surface area contributed by atoms with Crippen LogP contribution in [-0.2, 0) is 14.3 Å². The molecular formula is C8H9F5NO5-. The predicted molar refractivity (Wildman–Crippen MR) is 45.8 cm³/mol. The van der Waals surface area contributed by atoms with Gasteiger partial charge >= 0.3 is 18.1 Å². The van der Waals surface area contributed by atoms with Crippen molar-refractivity contribution in [1.29, 1.82) is 0 Å². The molecule has 0 radical (unpaired) electrons. The summed E-state index contributed by atoms with van der Waals surface area (Å²) in [6, 6.07) is 0. The molecule has 11 heteroatoms. The van der Waals surface area contributed by atoms with E-state index in [-0.39, 0.29) is 0 Å². The van der Waals surface area contributed by atoms with Gasteiger partial charge in [0, 0.05) is 13.1 Å². The Bertz CT molecular complexity index is 332. The SMILES string of the molecule is O=C([O-])CNCC(O)COC(=O)C(F)(F)C(F)(F)F. The van der Waals surface area contributed by atoms with Crippen LogP contribution in [0.1, 0.15) is 0 Å². The monoisotopic (exact) mass is 294 g/mol. The van der Waals surface area contributed by atoms with Crippen LogP contribution in [0, 0.1) is 0 Å². The van der Waals surface area contributed by atoms with E-state index in [1.54, 1.807) is 0 Å². The van der Waals surface area contributed by atoms with Crippen LogP contribution in [-0.4, -0.2) is 54.9 Å². The fraction of sp³-hybridized carbons (Fsp3) is 0.750. The van der Waals surface area contributed by atoms with Crippen LogP contribution >= 0.6 is 0 Å². The first kappa shape index (κ1) is 17.5. The number of aliphatic carboxylic acids is 1. The van der Waals surface area contributed by atoms with E-state index in [0.717, 1.165) is 0 Å². The maximum atomic E-state index is 12.3. The molecule has 0 amide bonds. The van der Waals surface area contributed by atoms with Crippen LogP contribution in [0.3, 0.4) is 0 Å². The molecule has 0 saturated carbocycles. The highest BCUT2D eigenvalue weighted by molar-refractivity contribution is 5.78. The van der Waals surface area contributed by atoms with E-state index >= 15 is 0 Å². The van der Waals surface area contributed by atoms with Gasteiger partial charge in [-0.25, -0.2) is 4.79 Å². The molecule has 0 aromatic rings. The van der Waals surface area contributed by atoms with E-state index in [1.165, 1.54) is 0 Å². The van der Waals surface area contributed by atoms with Crippen molar-refractivity contribution in [2.24, 2.45) is 0 Å². The van der Waals surface area contributed by atoms with Crippen LogP contribution in [0.4, 0.5) is 22.0 Å². The predicted octanol–water partition coefficient (Wildman–Crippen LogP) is -1.57. The van der Waals surface area contributed by atoms with Crippen molar-refractivity contribution < 1.29 is 46.5 Å². The minimum absolute atomic E-state index is 0.501. The summed E-state index contributed by atoms with van der Waals surface area (Å²) in [5, 5.41) is 21.0. The highest BCUT2D eigenvalue weighted by Gasteiger charge is 2.64. The highest BCUT2D eigenvalue weighted by atomic mass is 19.4. The summed E-state index contributed by atoms with van der Waals surface area (Å²) in [7, 11) is 0. The lowest BCUT2D eigenvalue weighted by Gasteiger charge is -2.19. The van der Waals surface area contributed by atoms with Crippen LogP contribution in [0.25, 0.3) is 0 Å². The Morgan fingerprint density at radius 3 is 2.21 bits per heavy atom. The summed E-state index contributed by atoms with van der Waals surface area (Å²) in [4.78, 5) is 20.4. The van der Waals surface area contributed by atoms with Gasteiger partial charge in [-0.2, -0.15) is 22.0 Å². The molecule has 0 saturated heterocycles. The molecule has 1 unspecified atom stereocenters. The lowest BCUT2D eigenvalue weighted by Crippen LogP contribution is -2.46. The van der Waals surface area contributed by atoms with E-state index in [4.69, 9.17) is 5.11 Å². The summed E-state index contributed by atoms with van der Waals surface area (Å²) in [6.07, 6.45) is -7.74. The average molecular weight is 294 g/mol. The van der Waals surface area contributed by atoms with Gasteiger partial charge in [0.05, 0.1) is 5.97 Å². The van der Waals surface area contributed by atoms with Crippen molar-refractivity contribution in [3.8, 4) is 0 Å². The molecule has 0 spiro atoms. The van der Waals surface area contributed by atoms with E-state index in [2.05, 4.69) is 10.1 Å². The molecule has 0 fully saturated rings. The van der Waals surface area contributed by atoms with Crippen molar-refractivity contribution in [2.75, 3.05) is 19.7 Å². The third-order valence-electron chi connectivity index (χ3n) is 1.67. The normalized spacial score (nSPS) is 14.0. The molecule has 0 aliphatic rings. The van der Waals surface area contributed by atoms with Crippen LogP contribution in [0.2, 0.25) is 0 Å². The molecule has 0 aromatic carbocycles. The average Bonchev–Trinajstić information content (AvgIpc) is 2.23. The van der Waals surface area contributed by atoms with Crippen LogP contribution in [0.15, 0.2) is 0 Å². The molecule has 0 bridgehead atoms. The maximum absolute atomic E-state index is 12.3. The fourth-order valence-electron chi connectivity index (χ4n) is 0.778. The number of aliphatic hydroxyl groups excluding tert-OH is 1. The number of alkyl halides is 5. The third kappa shape index (κ3) is 5.79. The number of esters is 1. The molecule has 0 rings (SSSR count). The highest BCUT2D eigenvalue weighted by Crippen LogP contribution is 2.36. The Kier molecular flexibility index (Phi) is 6.09. The number of rotatable bonds is 7. The van der Waals surface area contributed by atoms with Crippen LogP contribution < -0.4 is 10.4 Å². The zero-order chi connectivity index (χ0) is 15.3. The molecular weight excluding hydrogens is 285 g/mol. The largest absolute Gasteiger partial charge is 0.549 e. The van der Waals surface area contributed by atoms with Gasteiger partial charge in [-0.15, -0.1) is 0 Å². The zero-order valence-electron chi connectivity index (χ0n) is 9.17. The second-order valence-electron chi connectivity index (χ2n) is 3.33. The Balaban J connectivity index is 4.13.